The monoisotopic (exact) mass is 183 g/mol. The lowest BCUT2D eigenvalue weighted by Gasteiger charge is -2.18. The van der Waals surface area contributed by atoms with Crippen LogP contribution in [0.25, 0.3) is 0 Å². The third-order valence-electron chi connectivity index (χ3n) is 2.59. The van der Waals surface area contributed by atoms with Gasteiger partial charge in [-0.05, 0) is 18.2 Å². The van der Waals surface area contributed by atoms with E-state index >= 15 is 0 Å². The summed E-state index contributed by atoms with van der Waals surface area (Å²) in [5.74, 6) is -0.685. The van der Waals surface area contributed by atoms with Gasteiger partial charge in [-0.15, -0.1) is 0 Å². The molecule has 0 amide bonds. The van der Waals surface area contributed by atoms with Crippen molar-refractivity contribution in [2.24, 2.45) is 5.92 Å². The summed E-state index contributed by atoms with van der Waals surface area (Å²) in [5, 5.41) is 18.9. The van der Waals surface area contributed by atoms with Gasteiger partial charge in [0.2, 0.25) is 7.28 Å². The molecule has 0 bridgehead atoms. The van der Waals surface area contributed by atoms with Crippen LogP contribution in [0.15, 0.2) is 0 Å². The van der Waals surface area contributed by atoms with Gasteiger partial charge in [0.15, 0.2) is 0 Å². The van der Waals surface area contributed by atoms with Gasteiger partial charge in [0, 0.05) is 6.42 Å². The van der Waals surface area contributed by atoms with Crippen LogP contribution in [-0.2, 0) is 9.59 Å². The lowest BCUT2D eigenvalue weighted by Crippen LogP contribution is -2.23. The Morgan fingerprint density at radius 3 is 2.54 bits per heavy atom. The van der Waals surface area contributed by atoms with Gasteiger partial charge in [-0.2, -0.15) is 0 Å². The van der Waals surface area contributed by atoms with Crippen molar-refractivity contribution in [2.45, 2.75) is 30.9 Å². The maximum absolute atomic E-state index is 10.3. The second-order valence-electron chi connectivity index (χ2n) is 3.34. The van der Waals surface area contributed by atoms with Gasteiger partial charge < -0.3 is 19.8 Å². The fourth-order valence-corrected chi connectivity index (χ4v) is 1.91. The van der Waals surface area contributed by atoms with Gasteiger partial charge in [-0.1, -0.05) is 0 Å². The van der Waals surface area contributed by atoms with Crippen molar-refractivity contribution in [3.63, 3.8) is 0 Å². The third kappa shape index (κ3) is 2.17. The molecule has 4 nitrogen and oxygen atoms in total. The maximum Gasteiger partial charge on any atom is 0.204 e. The minimum absolute atomic E-state index is 0.188. The molecule has 1 fully saturated rings. The Hall–Kier alpha value is -0.675. The van der Waals surface area contributed by atoms with E-state index in [4.69, 9.17) is 0 Å². The predicted molar refractivity (Wildman–Crippen MR) is 47.1 cm³/mol. The van der Waals surface area contributed by atoms with Crippen molar-refractivity contribution in [2.75, 3.05) is 0 Å². The summed E-state index contributed by atoms with van der Waals surface area (Å²) in [6, 6.07) is 0. The molecule has 0 aliphatic heterocycles. The molecule has 2 N–H and O–H groups in total. The zero-order chi connectivity index (χ0) is 9.84. The lowest BCUT2D eigenvalue weighted by atomic mass is 9.60. The molecule has 71 valence electrons. The summed E-state index contributed by atoms with van der Waals surface area (Å²) >= 11 is 0. The number of rotatable bonds is 4. The molecule has 0 aromatic rings. The highest BCUT2D eigenvalue weighted by molar-refractivity contribution is 6.68. The van der Waals surface area contributed by atoms with Crippen LogP contribution in [0.4, 0.5) is 0 Å². The number of aliphatic hydroxyl groups is 2. The number of aliphatic hydroxyl groups excluding tert-OH is 2. The van der Waals surface area contributed by atoms with Crippen LogP contribution in [0.5, 0.6) is 0 Å². The first-order valence-corrected chi connectivity index (χ1v) is 4.29. The normalized spacial score (nSPS) is 38.6. The molecule has 0 aromatic heterocycles. The largest absolute Gasteiger partial charge is 0.393 e. The molecule has 0 spiro atoms. The zero-order valence-corrected chi connectivity index (χ0v) is 7.17. The van der Waals surface area contributed by atoms with Gasteiger partial charge in [-0.25, -0.2) is 0 Å². The molecular formula is C8H12BO4. The first-order valence-electron chi connectivity index (χ1n) is 4.29. The van der Waals surface area contributed by atoms with E-state index in [1.165, 1.54) is 7.28 Å². The molecule has 0 heterocycles. The average Bonchev–Trinajstić information content (AvgIpc) is 2.33. The average molecular weight is 183 g/mol. The summed E-state index contributed by atoms with van der Waals surface area (Å²) in [7, 11) is 1.31. The summed E-state index contributed by atoms with van der Waals surface area (Å²) in [6.45, 7) is 0. The smallest absolute Gasteiger partial charge is 0.204 e. The molecule has 13 heavy (non-hydrogen) atoms. The maximum atomic E-state index is 10.3. The van der Waals surface area contributed by atoms with Gasteiger partial charge in [0.1, 0.15) is 6.29 Å². The molecule has 4 atom stereocenters. The first kappa shape index (κ1) is 10.4. The van der Waals surface area contributed by atoms with Crippen molar-refractivity contribution in [1.82, 2.24) is 0 Å². The fraction of sp³-hybridized carbons (Fsp3) is 0.750. The summed E-state index contributed by atoms with van der Waals surface area (Å²) in [5.41, 5.74) is 0. The predicted octanol–water partition coefficient (Wildman–Crippen LogP) is -1.00. The number of hydrogen-bond acceptors (Lipinski definition) is 4. The topological polar surface area (TPSA) is 74.6 Å². The summed E-state index contributed by atoms with van der Waals surface area (Å²) in [6.07, 6.45) is 0.355. The van der Waals surface area contributed by atoms with E-state index in [-0.39, 0.29) is 24.6 Å². The van der Waals surface area contributed by atoms with Gasteiger partial charge in [-0.3, -0.25) is 0 Å². The van der Waals surface area contributed by atoms with Gasteiger partial charge in [0.25, 0.3) is 0 Å². The molecule has 1 aliphatic carbocycles. The lowest BCUT2D eigenvalue weighted by molar-refractivity contribution is -0.109. The van der Waals surface area contributed by atoms with Crippen molar-refractivity contribution in [3.8, 4) is 0 Å². The highest BCUT2D eigenvalue weighted by Crippen LogP contribution is 2.37. The van der Waals surface area contributed by atoms with Crippen LogP contribution in [0, 0.1) is 5.92 Å². The molecule has 1 rings (SSSR count). The Labute approximate surface area is 77.2 Å². The molecule has 0 aromatic carbocycles. The molecule has 1 aliphatic rings. The molecule has 1 saturated carbocycles. The van der Waals surface area contributed by atoms with Crippen molar-refractivity contribution in [1.29, 1.82) is 0 Å². The van der Waals surface area contributed by atoms with Crippen LogP contribution in [-0.4, -0.2) is 42.2 Å². The minimum Gasteiger partial charge on any atom is -0.393 e. The Morgan fingerprint density at radius 1 is 1.31 bits per heavy atom. The molecule has 0 unspecified atom stereocenters. The van der Waals surface area contributed by atoms with E-state index in [0.29, 0.717) is 12.5 Å². The van der Waals surface area contributed by atoms with Crippen LogP contribution in [0.2, 0.25) is 5.82 Å². The van der Waals surface area contributed by atoms with Crippen LogP contribution in [0.3, 0.4) is 0 Å². The number of hydrogen-bond donors (Lipinski definition) is 2. The standard InChI is InChI=1S/C8H12BO4/c10-2-1-5-6(12)3-7(13)8(5)9-4-11/h2,4-8,12-13H,1,3H2/t5-,6-,7+,8+/m0/s1. The van der Waals surface area contributed by atoms with Crippen LogP contribution >= 0.6 is 0 Å². The van der Waals surface area contributed by atoms with Crippen LogP contribution in [0.1, 0.15) is 12.8 Å². The van der Waals surface area contributed by atoms with E-state index in [1.54, 1.807) is 0 Å². The summed E-state index contributed by atoms with van der Waals surface area (Å²) in [4.78, 5) is 20.5. The Bertz CT molecular complexity index is 177. The van der Waals surface area contributed by atoms with E-state index in [0.717, 1.165) is 0 Å². The molecular weight excluding hydrogens is 171 g/mol. The number of carbonyl (C=O) groups is 2. The number of aldehydes is 1. The molecule has 1 radical (unpaired) electrons. The van der Waals surface area contributed by atoms with Crippen LogP contribution < -0.4 is 0 Å². The van der Waals surface area contributed by atoms with E-state index in [1.807, 2.05) is 0 Å². The van der Waals surface area contributed by atoms with Gasteiger partial charge >= 0.3 is 0 Å². The zero-order valence-electron chi connectivity index (χ0n) is 7.17. The Kier molecular flexibility index (Phi) is 3.63. The van der Waals surface area contributed by atoms with Gasteiger partial charge in [0.05, 0.1) is 18.4 Å². The van der Waals surface area contributed by atoms with E-state index in [9.17, 15) is 19.8 Å². The Balaban J connectivity index is 2.63. The number of carbonyl (C=O) groups excluding carboxylic acids is 2. The summed E-state index contributed by atoms with van der Waals surface area (Å²) < 4.78 is 0. The van der Waals surface area contributed by atoms with Crippen molar-refractivity contribution < 1.29 is 19.8 Å². The second kappa shape index (κ2) is 4.53. The van der Waals surface area contributed by atoms with E-state index in [2.05, 4.69) is 0 Å². The molecule has 0 saturated heterocycles. The fourth-order valence-electron chi connectivity index (χ4n) is 1.91. The first-order chi connectivity index (χ1) is 6.20. The molecule has 5 heteroatoms. The van der Waals surface area contributed by atoms with E-state index < -0.39 is 12.2 Å². The van der Waals surface area contributed by atoms with Crippen molar-refractivity contribution >= 4 is 19.8 Å². The Morgan fingerprint density at radius 2 is 2.00 bits per heavy atom. The van der Waals surface area contributed by atoms with Crippen molar-refractivity contribution in [3.05, 3.63) is 0 Å². The second-order valence-corrected chi connectivity index (χ2v) is 3.34. The SMILES string of the molecule is O=C[B][C@@H]1[C@@H](CC=O)[C@@H](O)C[C@H]1O. The highest BCUT2D eigenvalue weighted by atomic mass is 16.3. The highest BCUT2D eigenvalue weighted by Gasteiger charge is 2.41. The minimum atomic E-state index is -0.704. The quantitative estimate of drug-likeness (QED) is 0.433. The third-order valence-corrected chi connectivity index (χ3v) is 2.59.